The number of amides is 1. The van der Waals surface area contributed by atoms with Crippen molar-refractivity contribution in [1.29, 1.82) is 0 Å². The first kappa shape index (κ1) is 16.0. The van der Waals surface area contributed by atoms with Crippen LogP contribution in [0.2, 0.25) is 0 Å². The molecule has 0 aromatic heterocycles. The Kier molecular flexibility index (Phi) is 5.37. The molecule has 1 aliphatic rings. The number of benzene rings is 1. The van der Waals surface area contributed by atoms with Crippen molar-refractivity contribution < 1.29 is 4.79 Å². The lowest BCUT2D eigenvalue weighted by molar-refractivity contribution is -0.120. The van der Waals surface area contributed by atoms with Gasteiger partial charge in [-0.3, -0.25) is 4.79 Å². The Morgan fingerprint density at radius 2 is 2.14 bits per heavy atom. The van der Waals surface area contributed by atoms with Gasteiger partial charge in [-0.1, -0.05) is 18.6 Å². The van der Waals surface area contributed by atoms with Crippen molar-refractivity contribution in [2.24, 2.45) is 17.6 Å². The molecule has 1 saturated carbocycles. The third kappa shape index (κ3) is 4.05. The summed E-state index contributed by atoms with van der Waals surface area (Å²) >= 11 is 0. The van der Waals surface area contributed by atoms with E-state index in [0.717, 1.165) is 37.1 Å². The smallest absolute Gasteiger partial charge is 0.227 e. The number of rotatable bonds is 5. The number of anilines is 1. The van der Waals surface area contributed by atoms with E-state index >= 15 is 0 Å². The van der Waals surface area contributed by atoms with Crippen LogP contribution in [0.4, 0.5) is 5.69 Å². The summed E-state index contributed by atoms with van der Waals surface area (Å²) in [5, 5.41) is 3.12. The molecule has 1 amide bonds. The zero-order valence-electron chi connectivity index (χ0n) is 13.4. The number of nitrogens with zero attached hydrogens (tertiary/aromatic N) is 1. The van der Waals surface area contributed by atoms with Crippen LogP contribution in [-0.2, 0) is 11.3 Å². The van der Waals surface area contributed by atoms with Gasteiger partial charge in [-0.15, -0.1) is 0 Å². The average molecular weight is 289 g/mol. The molecule has 1 aliphatic carbocycles. The molecule has 0 unspecified atom stereocenters. The monoisotopic (exact) mass is 289 g/mol. The molecule has 0 saturated heterocycles. The summed E-state index contributed by atoms with van der Waals surface area (Å²) in [6.07, 6.45) is 3.15. The van der Waals surface area contributed by atoms with Crippen molar-refractivity contribution >= 4 is 11.6 Å². The summed E-state index contributed by atoms with van der Waals surface area (Å²) in [5.74, 6) is 0.551. The van der Waals surface area contributed by atoms with E-state index in [-0.39, 0.29) is 11.8 Å². The Morgan fingerprint density at radius 3 is 2.81 bits per heavy atom. The van der Waals surface area contributed by atoms with Gasteiger partial charge in [-0.05, 0) is 63.5 Å². The molecule has 0 spiro atoms. The van der Waals surface area contributed by atoms with E-state index in [9.17, 15) is 4.79 Å². The third-order valence-corrected chi connectivity index (χ3v) is 4.36. The molecule has 3 N–H and O–H groups in total. The topological polar surface area (TPSA) is 58.4 Å². The van der Waals surface area contributed by atoms with Crippen molar-refractivity contribution in [3.63, 3.8) is 0 Å². The minimum absolute atomic E-state index is 0.0758. The fourth-order valence-corrected chi connectivity index (χ4v) is 3.16. The summed E-state index contributed by atoms with van der Waals surface area (Å²) in [7, 11) is 4.09. The minimum atomic E-state index is 0.0758. The zero-order chi connectivity index (χ0) is 15.4. The Hall–Kier alpha value is -1.39. The Labute approximate surface area is 127 Å². The highest BCUT2D eigenvalue weighted by atomic mass is 16.1. The van der Waals surface area contributed by atoms with Gasteiger partial charge in [-0.2, -0.15) is 0 Å². The Morgan fingerprint density at radius 1 is 1.38 bits per heavy atom. The molecule has 0 bridgehead atoms. The second-order valence-electron chi connectivity index (χ2n) is 6.41. The fraction of sp³-hybridized carbons (Fsp3) is 0.588. The van der Waals surface area contributed by atoms with Crippen LogP contribution in [0.1, 0.15) is 30.4 Å². The van der Waals surface area contributed by atoms with Gasteiger partial charge in [0.2, 0.25) is 5.91 Å². The Balaban J connectivity index is 2.09. The van der Waals surface area contributed by atoms with E-state index in [4.69, 9.17) is 5.73 Å². The molecular weight excluding hydrogens is 262 g/mol. The summed E-state index contributed by atoms with van der Waals surface area (Å²) < 4.78 is 0. The lowest BCUT2D eigenvalue weighted by Crippen LogP contribution is -2.30. The molecule has 4 nitrogen and oxygen atoms in total. The number of carbonyl (C=O) groups excluding carboxylic acids is 1. The van der Waals surface area contributed by atoms with Gasteiger partial charge in [0.25, 0.3) is 0 Å². The first-order valence-corrected chi connectivity index (χ1v) is 7.76. The van der Waals surface area contributed by atoms with Crippen LogP contribution < -0.4 is 11.1 Å². The Bertz CT molecular complexity index is 499. The molecule has 4 heteroatoms. The molecule has 0 aliphatic heterocycles. The van der Waals surface area contributed by atoms with Crippen LogP contribution >= 0.6 is 0 Å². The van der Waals surface area contributed by atoms with Gasteiger partial charge >= 0.3 is 0 Å². The second kappa shape index (κ2) is 7.05. The van der Waals surface area contributed by atoms with E-state index in [1.54, 1.807) is 0 Å². The number of carbonyl (C=O) groups is 1. The van der Waals surface area contributed by atoms with Crippen LogP contribution in [0.5, 0.6) is 0 Å². The lowest BCUT2D eigenvalue weighted by Gasteiger charge is -2.19. The first-order chi connectivity index (χ1) is 10.0. The van der Waals surface area contributed by atoms with E-state index in [1.807, 2.05) is 21.0 Å². The molecule has 21 heavy (non-hydrogen) atoms. The summed E-state index contributed by atoms with van der Waals surface area (Å²) in [5.41, 5.74) is 9.03. The standard InChI is InChI=1S/C17H27N3O/c1-12-7-8-13(11-20(2)3)9-16(12)19-17(21)15-6-4-5-14(15)10-18/h7-9,14-15H,4-6,10-11,18H2,1-3H3,(H,19,21)/t14-,15-/m1/s1. The molecule has 2 atom stereocenters. The molecule has 1 fully saturated rings. The quantitative estimate of drug-likeness (QED) is 0.875. The summed E-state index contributed by atoms with van der Waals surface area (Å²) in [6, 6.07) is 6.27. The molecule has 0 radical (unpaired) electrons. The van der Waals surface area contributed by atoms with Crippen LogP contribution in [0.3, 0.4) is 0 Å². The van der Waals surface area contributed by atoms with Gasteiger partial charge in [0.05, 0.1) is 0 Å². The van der Waals surface area contributed by atoms with Gasteiger partial charge in [0, 0.05) is 18.2 Å². The van der Waals surface area contributed by atoms with Gasteiger partial charge in [-0.25, -0.2) is 0 Å². The van der Waals surface area contributed by atoms with Gasteiger partial charge < -0.3 is 16.0 Å². The van der Waals surface area contributed by atoms with Gasteiger partial charge in [0.15, 0.2) is 0 Å². The van der Waals surface area contributed by atoms with Crippen molar-refractivity contribution in [2.45, 2.75) is 32.7 Å². The summed E-state index contributed by atoms with van der Waals surface area (Å²) in [4.78, 5) is 14.6. The first-order valence-electron chi connectivity index (χ1n) is 7.76. The maximum atomic E-state index is 12.5. The number of nitrogens with one attached hydrogen (secondary N) is 1. The van der Waals surface area contributed by atoms with Crippen LogP contribution in [-0.4, -0.2) is 31.4 Å². The highest BCUT2D eigenvalue weighted by molar-refractivity contribution is 5.93. The predicted molar refractivity (Wildman–Crippen MR) is 87.1 cm³/mol. The molecule has 1 aromatic rings. The third-order valence-electron chi connectivity index (χ3n) is 4.36. The molecule has 1 aromatic carbocycles. The van der Waals surface area contributed by atoms with Crippen molar-refractivity contribution in [3.8, 4) is 0 Å². The highest BCUT2D eigenvalue weighted by Crippen LogP contribution is 2.32. The largest absolute Gasteiger partial charge is 0.330 e. The molecular formula is C17H27N3O. The number of nitrogens with two attached hydrogens (primary N) is 1. The van der Waals surface area contributed by atoms with E-state index in [0.29, 0.717) is 12.5 Å². The van der Waals surface area contributed by atoms with Crippen LogP contribution in [0, 0.1) is 18.8 Å². The minimum Gasteiger partial charge on any atom is -0.330 e. The predicted octanol–water partition coefficient (Wildman–Crippen LogP) is 2.37. The lowest BCUT2D eigenvalue weighted by atomic mass is 9.95. The molecule has 116 valence electrons. The highest BCUT2D eigenvalue weighted by Gasteiger charge is 2.32. The van der Waals surface area contributed by atoms with E-state index in [1.165, 1.54) is 5.56 Å². The van der Waals surface area contributed by atoms with Crippen LogP contribution in [0.15, 0.2) is 18.2 Å². The number of aryl methyl sites for hydroxylation is 1. The number of hydrogen-bond acceptors (Lipinski definition) is 3. The molecule has 0 heterocycles. The number of hydrogen-bond donors (Lipinski definition) is 2. The fourth-order valence-electron chi connectivity index (χ4n) is 3.16. The summed E-state index contributed by atoms with van der Waals surface area (Å²) in [6.45, 7) is 3.51. The van der Waals surface area contributed by atoms with Crippen molar-refractivity contribution in [3.05, 3.63) is 29.3 Å². The van der Waals surface area contributed by atoms with Crippen LogP contribution in [0.25, 0.3) is 0 Å². The van der Waals surface area contributed by atoms with Crippen molar-refractivity contribution in [1.82, 2.24) is 4.90 Å². The van der Waals surface area contributed by atoms with E-state index in [2.05, 4.69) is 28.4 Å². The van der Waals surface area contributed by atoms with Crippen molar-refractivity contribution in [2.75, 3.05) is 26.0 Å². The maximum Gasteiger partial charge on any atom is 0.227 e. The molecule has 2 rings (SSSR count). The zero-order valence-corrected chi connectivity index (χ0v) is 13.4. The second-order valence-corrected chi connectivity index (χ2v) is 6.41. The average Bonchev–Trinajstić information content (AvgIpc) is 2.90. The van der Waals surface area contributed by atoms with E-state index < -0.39 is 0 Å². The maximum absolute atomic E-state index is 12.5. The van der Waals surface area contributed by atoms with Gasteiger partial charge in [0.1, 0.15) is 0 Å². The normalized spacial score (nSPS) is 21.8. The SMILES string of the molecule is Cc1ccc(CN(C)C)cc1NC(=O)[C@@H]1CCC[C@@H]1CN.